The summed E-state index contributed by atoms with van der Waals surface area (Å²) in [7, 11) is 1.93. The van der Waals surface area contributed by atoms with E-state index in [1.807, 2.05) is 62.2 Å². The summed E-state index contributed by atoms with van der Waals surface area (Å²) in [5.41, 5.74) is 2.62. The van der Waals surface area contributed by atoms with Crippen molar-refractivity contribution in [2.75, 3.05) is 12.4 Å². The summed E-state index contributed by atoms with van der Waals surface area (Å²) in [6.07, 6.45) is 0. The summed E-state index contributed by atoms with van der Waals surface area (Å²) in [4.78, 5) is 19.2. The summed E-state index contributed by atoms with van der Waals surface area (Å²) in [6.45, 7) is 4.42. The molecule has 130 valence electrons. The lowest BCUT2D eigenvalue weighted by atomic mass is 10.2. The molecule has 0 spiro atoms. The highest BCUT2D eigenvalue weighted by molar-refractivity contribution is 7.18. The summed E-state index contributed by atoms with van der Waals surface area (Å²) in [6, 6.07) is 13.3. The number of amides is 1. The van der Waals surface area contributed by atoms with Crippen LogP contribution in [-0.2, 0) is 11.3 Å². The van der Waals surface area contributed by atoms with Crippen molar-refractivity contribution in [2.45, 2.75) is 26.4 Å². The Hall–Kier alpha value is -1.95. The first kappa shape index (κ1) is 17.9. The van der Waals surface area contributed by atoms with E-state index in [1.54, 1.807) is 11.3 Å². The fourth-order valence-electron chi connectivity index (χ4n) is 2.52. The van der Waals surface area contributed by atoms with E-state index in [2.05, 4.69) is 16.4 Å². The molecule has 6 heteroatoms. The predicted molar refractivity (Wildman–Crippen MR) is 105 cm³/mol. The highest BCUT2D eigenvalue weighted by atomic mass is 35.5. The monoisotopic (exact) mass is 373 g/mol. The van der Waals surface area contributed by atoms with E-state index in [0.717, 1.165) is 26.5 Å². The highest BCUT2D eigenvalue weighted by Crippen LogP contribution is 2.24. The number of nitrogens with one attached hydrogen (secondary N) is 1. The predicted octanol–water partition coefficient (Wildman–Crippen LogP) is 4.72. The van der Waals surface area contributed by atoms with E-state index in [1.165, 1.54) is 0 Å². The lowest BCUT2D eigenvalue weighted by Crippen LogP contribution is -2.39. The number of benzene rings is 2. The molecule has 3 rings (SSSR count). The Labute approximate surface area is 156 Å². The third kappa shape index (κ3) is 4.00. The topological polar surface area (TPSA) is 45.2 Å². The second-order valence-electron chi connectivity index (χ2n) is 6.07. The third-order valence-electron chi connectivity index (χ3n) is 4.29. The van der Waals surface area contributed by atoms with Gasteiger partial charge in [-0.15, -0.1) is 11.3 Å². The fraction of sp³-hybridized carbons (Fsp3) is 0.263. The number of para-hydroxylation sites is 1. The van der Waals surface area contributed by atoms with Gasteiger partial charge < -0.3 is 5.32 Å². The summed E-state index contributed by atoms with van der Waals surface area (Å²) in [5.74, 6) is -0.0611. The molecule has 2 aromatic carbocycles. The first-order chi connectivity index (χ1) is 12.0. The lowest BCUT2D eigenvalue weighted by molar-refractivity contribution is -0.120. The Balaban J connectivity index is 1.67. The maximum atomic E-state index is 12.6. The van der Waals surface area contributed by atoms with Crippen LogP contribution in [0.25, 0.3) is 10.2 Å². The van der Waals surface area contributed by atoms with Crippen LogP contribution in [0.1, 0.15) is 17.5 Å². The van der Waals surface area contributed by atoms with Gasteiger partial charge in [0.25, 0.3) is 0 Å². The summed E-state index contributed by atoms with van der Waals surface area (Å²) in [5, 5.41) is 4.61. The lowest BCUT2D eigenvalue weighted by Gasteiger charge is -2.23. The number of aromatic nitrogens is 1. The minimum Gasteiger partial charge on any atom is -0.324 e. The molecule has 0 radical (unpaired) electrons. The van der Waals surface area contributed by atoms with Crippen molar-refractivity contribution in [3.8, 4) is 0 Å². The smallest absolute Gasteiger partial charge is 0.241 e. The zero-order valence-corrected chi connectivity index (χ0v) is 16.0. The van der Waals surface area contributed by atoms with Gasteiger partial charge in [0.05, 0.1) is 22.8 Å². The molecule has 3 aromatic rings. The molecule has 1 heterocycles. The number of rotatable bonds is 5. The van der Waals surface area contributed by atoms with Crippen LogP contribution < -0.4 is 5.32 Å². The van der Waals surface area contributed by atoms with Crippen molar-refractivity contribution < 1.29 is 4.79 Å². The summed E-state index contributed by atoms with van der Waals surface area (Å²) >= 11 is 7.78. The molecule has 0 saturated heterocycles. The Kier molecular flexibility index (Phi) is 5.37. The number of hydrogen-bond acceptors (Lipinski definition) is 4. The normalized spacial score (nSPS) is 12.5. The molecule has 0 fully saturated rings. The van der Waals surface area contributed by atoms with Crippen molar-refractivity contribution in [1.82, 2.24) is 9.88 Å². The molecule has 1 aromatic heterocycles. The largest absolute Gasteiger partial charge is 0.324 e. The Morgan fingerprint density at radius 2 is 2.04 bits per heavy atom. The van der Waals surface area contributed by atoms with Gasteiger partial charge in [0, 0.05) is 10.7 Å². The van der Waals surface area contributed by atoms with Crippen molar-refractivity contribution in [1.29, 1.82) is 0 Å². The highest BCUT2D eigenvalue weighted by Gasteiger charge is 2.20. The van der Waals surface area contributed by atoms with E-state index in [-0.39, 0.29) is 11.9 Å². The van der Waals surface area contributed by atoms with Gasteiger partial charge in [0.15, 0.2) is 0 Å². The first-order valence-electron chi connectivity index (χ1n) is 8.06. The molecule has 0 aliphatic heterocycles. The SMILES string of the molecule is Cc1c(Cl)cccc1NC(=O)C(C)N(C)Cc1nc2ccccc2s1. The minimum atomic E-state index is -0.287. The quantitative estimate of drug-likeness (QED) is 0.704. The maximum absolute atomic E-state index is 12.6. The maximum Gasteiger partial charge on any atom is 0.241 e. The number of nitrogens with zero attached hydrogens (tertiary/aromatic N) is 2. The van der Waals surface area contributed by atoms with Gasteiger partial charge in [-0.1, -0.05) is 29.8 Å². The van der Waals surface area contributed by atoms with E-state index in [0.29, 0.717) is 11.6 Å². The molecule has 0 bridgehead atoms. The van der Waals surface area contributed by atoms with Gasteiger partial charge >= 0.3 is 0 Å². The van der Waals surface area contributed by atoms with Crippen LogP contribution in [0.4, 0.5) is 5.69 Å². The zero-order chi connectivity index (χ0) is 18.0. The molecule has 4 nitrogen and oxygen atoms in total. The van der Waals surface area contributed by atoms with Crippen LogP contribution in [-0.4, -0.2) is 28.9 Å². The van der Waals surface area contributed by atoms with Gasteiger partial charge in [-0.3, -0.25) is 9.69 Å². The van der Waals surface area contributed by atoms with Crippen LogP contribution in [0.5, 0.6) is 0 Å². The molecule has 0 aliphatic carbocycles. The molecule has 25 heavy (non-hydrogen) atoms. The van der Waals surface area contributed by atoms with E-state index in [4.69, 9.17) is 11.6 Å². The zero-order valence-electron chi connectivity index (χ0n) is 14.4. The molecule has 0 saturated carbocycles. The van der Waals surface area contributed by atoms with Crippen LogP contribution in [0.3, 0.4) is 0 Å². The molecule has 1 atom stereocenters. The first-order valence-corrected chi connectivity index (χ1v) is 9.26. The fourth-order valence-corrected chi connectivity index (χ4v) is 3.72. The number of likely N-dealkylation sites (N-methyl/N-ethyl adjacent to an activating group) is 1. The van der Waals surface area contributed by atoms with Crippen LogP contribution >= 0.6 is 22.9 Å². The average Bonchev–Trinajstić information content (AvgIpc) is 3.00. The molecule has 1 amide bonds. The van der Waals surface area contributed by atoms with E-state index in [9.17, 15) is 4.79 Å². The molecule has 1 N–H and O–H groups in total. The number of fused-ring (bicyclic) bond motifs is 1. The molecule has 1 unspecified atom stereocenters. The second-order valence-corrected chi connectivity index (χ2v) is 7.59. The van der Waals surface area contributed by atoms with Gasteiger partial charge in [-0.2, -0.15) is 0 Å². The number of halogens is 1. The Bertz CT molecular complexity index is 876. The number of thiazole rings is 1. The van der Waals surface area contributed by atoms with Gasteiger partial charge in [-0.25, -0.2) is 4.98 Å². The Morgan fingerprint density at radius 3 is 2.80 bits per heavy atom. The van der Waals surface area contributed by atoms with E-state index < -0.39 is 0 Å². The van der Waals surface area contributed by atoms with Gasteiger partial charge in [0.2, 0.25) is 5.91 Å². The van der Waals surface area contributed by atoms with Crippen molar-refractivity contribution in [3.05, 3.63) is 58.1 Å². The summed E-state index contributed by atoms with van der Waals surface area (Å²) < 4.78 is 1.16. The van der Waals surface area contributed by atoms with Gasteiger partial charge in [0.1, 0.15) is 5.01 Å². The Morgan fingerprint density at radius 1 is 1.28 bits per heavy atom. The van der Waals surface area contributed by atoms with Crippen molar-refractivity contribution >= 4 is 44.7 Å². The minimum absolute atomic E-state index is 0.0611. The van der Waals surface area contributed by atoms with Crippen molar-refractivity contribution in [3.63, 3.8) is 0 Å². The molecular formula is C19H20ClN3OS. The van der Waals surface area contributed by atoms with Crippen molar-refractivity contribution in [2.24, 2.45) is 0 Å². The van der Waals surface area contributed by atoms with Gasteiger partial charge in [-0.05, 0) is 50.7 Å². The van der Waals surface area contributed by atoms with Crippen LogP contribution in [0.2, 0.25) is 5.02 Å². The molecular weight excluding hydrogens is 354 g/mol. The number of carbonyl (C=O) groups is 1. The molecule has 0 aliphatic rings. The number of anilines is 1. The number of carbonyl (C=O) groups excluding carboxylic acids is 1. The van der Waals surface area contributed by atoms with Crippen LogP contribution in [0.15, 0.2) is 42.5 Å². The average molecular weight is 374 g/mol. The standard InChI is InChI=1S/C19H20ClN3OS/c1-12-14(20)7-6-9-15(12)22-19(24)13(2)23(3)11-18-21-16-8-4-5-10-17(16)25-18/h4-10,13H,11H2,1-3H3,(H,22,24). The number of hydrogen-bond donors (Lipinski definition) is 1. The van der Waals surface area contributed by atoms with Crippen LogP contribution in [0, 0.1) is 6.92 Å². The third-order valence-corrected chi connectivity index (χ3v) is 5.72. The second kappa shape index (κ2) is 7.52. The van der Waals surface area contributed by atoms with E-state index >= 15 is 0 Å².